The van der Waals surface area contributed by atoms with Crippen LogP contribution in [0.3, 0.4) is 0 Å². The molecule has 1 fully saturated rings. The number of nitrogens with zero attached hydrogens (tertiary/aromatic N) is 2. The third kappa shape index (κ3) is 3.39. The van der Waals surface area contributed by atoms with E-state index in [1.165, 1.54) is 10.9 Å². The number of rotatable bonds is 5. The summed E-state index contributed by atoms with van der Waals surface area (Å²) in [4.78, 5) is 23.5. The molecule has 0 spiro atoms. The van der Waals surface area contributed by atoms with Crippen LogP contribution in [0.4, 0.5) is 0 Å². The molecule has 3 rings (SSSR count). The first-order valence-corrected chi connectivity index (χ1v) is 8.10. The summed E-state index contributed by atoms with van der Waals surface area (Å²) < 4.78 is 1.28. The van der Waals surface area contributed by atoms with Crippen LogP contribution in [-0.2, 0) is 18.4 Å². The van der Waals surface area contributed by atoms with Gasteiger partial charge in [-0.25, -0.2) is 4.79 Å². The first-order chi connectivity index (χ1) is 11.4. The molecular weight excluding hydrogens is 353 g/mol. The van der Waals surface area contributed by atoms with Gasteiger partial charge in [0.05, 0.1) is 6.20 Å². The lowest BCUT2D eigenvalue weighted by Gasteiger charge is -2.06. The van der Waals surface area contributed by atoms with Crippen molar-refractivity contribution in [1.82, 2.24) is 15.1 Å². The highest BCUT2D eigenvalue weighted by molar-refractivity contribution is 6.34. The number of carboxylic acids is 1. The van der Waals surface area contributed by atoms with Gasteiger partial charge in [-0.3, -0.25) is 9.48 Å². The van der Waals surface area contributed by atoms with E-state index in [2.05, 4.69) is 10.4 Å². The van der Waals surface area contributed by atoms with E-state index in [1.807, 2.05) is 12.1 Å². The highest BCUT2D eigenvalue weighted by atomic mass is 35.5. The van der Waals surface area contributed by atoms with Crippen molar-refractivity contribution in [3.8, 4) is 0 Å². The summed E-state index contributed by atoms with van der Waals surface area (Å²) in [5.74, 6) is -1.24. The van der Waals surface area contributed by atoms with Gasteiger partial charge >= 0.3 is 5.97 Å². The Kier molecular flexibility index (Phi) is 4.51. The molecule has 2 N–H and O–H groups in total. The van der Waals surface area contributed by atoms with E-state index >= 15 is 0 Å². The molecule has 1 saturated carbocycles. The van der Waals surface area contributed by atoms with Gasteiger partial charge in [-0.2, -0.15) is 5.10 Å². The van der Waals surface area contributed by atoms with Gasteiger partial charge in [0, 0.05) is 35.1 Å². The van der Waals surface area contributed by atoms with Gasteiger partial charge in [0.25, 0.3) is 0 Å². The Hall–Kier alpha value is -2.05. The lowest BCUT2D eigenvalue weighted by molar-refractivity contribution is -0.122. The van der Waals surface area contributed by atoms with E-state index in [9.17, 15) is 9.59 Å². The number of hydrogen-bond donors (Lipinski definition) is 2. The molecule has 1 aromatic heterocycles. The van der Waals surface area contributed by atoms with Crippen molar-refractivity contribution in [3.05, 3.63) is 51.3 Å². The fraction of sp³-hybridized carbons (Fsp3) is 0.312. The van der Waals surface area contributed by atoms with Gasteiger partial charge in [-0.15, -0.1) is 0 Å². The Bertz CT molecular complexity index is 799. The molecule has 0 radical (unpaired) electrons. The SMILES string of the molecule is Cn1ncc(CNC(=O)[C@@H]2C[C@H]2c2cc(Cl)cc(Cl)c2)c1C(=O)O. The second-order valence-electron chi connectivity index (χ2n) is 5.82. The highest BCUT2D eigenvalue weighted by Crippen LogP contribution is 2.48. The number of aromatic carboxylic acids is 1. The molecule has 2 aromatic rings. The monoisotopic (exact) mass is 367 g/mol. The van der Waals surface area contributed by atoms with Crippen LogP contribution in [0.25, 0.3) is 0 Å². The maximum atomic E-state index is 12.3. The van der Waals surface area contributed by atoms with E-state index in [-0.39, 0.29) is 30.0 Å². The number of carbonyl (C=O) groups is 2. The Balaban J connectivity index is 1.62. The number of carboxylic acid groups (broad SMARTS) is 1. The topological polar surface area (TPSA) is 84.2 Å². The summed E-state index contributed by atoms with van der Waals surface area (Å²) in [6.07, 6.45) is 2.17. The van der Waals surface area contributed by atoms with Crippen LogP contribution < -0.4 is 5.32 Å². The van der Waals surface area contributed by atoms with Gasteiger partial charge in [0.15, 0.2) is 5.69 Å². The molecule has 0 unspecified atom stereocenters. The van der Waals surface area contributed by atoms with Gasteiger partial charge in [-0.05, 0) is 36.1 Å². The first kappa shape index (κ1) is 16.8. The standard InChI is InChI=1S/C16H15Cl2N3O3/c1-21-14(16(23)24)9(7-20-21)6-19-15(22)13-5-12(13)8-2-10(17)4-11(18)3-8/h2-4,7,12-13H,5-6H2,1H3,(H,19,22)(H,23,24)/t12-,13+/m0/s1. The van der Waals surface area contributed by atoms with E-state index in [4.69, 9.17) is 28.3 Å². The zero-order chi connectivity index (χ0) is 17.4. The molecule has 0 saturated heterocycles. The lowest BCUT2D eigenvalue weighted by Crippen LogP contribution is -2.25. The molecule has 1 aromatic carbocycles. The Morgan fingerprint density at radius 3 is 2.62 bits per heavy atom. The minimum atomic E-state index is -1.07. The van der Waals surface area contributed by atoms with Crippen LogP contribution in [-0.4, -0.2) is 26.8 Å². The smallest absolute Gasteiger partial charge is 0.354 e. The Morgan fingerprint density at radius 1 is 1.33 bits per heavy atom. The average Bonchev–Trinajstić information content (AvgIpc) is 3.21. The van der Waals surface area contributed by atoms with Gasteiger partial charge in [0.2, 0.25) is 5.91 Å². The molecule has 126 valence electrons. The van der Waals surface area contributed by atoms with Gasteiger partial charge in [-0.1, -0.05) is 23.2 Å². The number of carbonyl (C=O) groups excluding carboxylic acids is 1. The predicted molar refractivity (Wildman–Crippen MR) is 89.3 cm³/mol. The van der Waals surface area contributed by atoms with E-state index in [0.717, 1.165) is 12.0 Å². The van der Waals surface area contributed by atoms with Crippen LogP contribution >= 0.6 is 23.2 Å². The summed E-state index contributed by atoms with van der Waals surface area (Å²) in [6.45, 7) is 0.133. The number of amides is 1. The van der Waals surface area contributed by atoms with Crippen LogP contribution in [0.5, 0.6) is 0 Å². The molecule has 1 amide bonds. The minimum absolute atomic E-state index is 0.0734. The third-order valence-corrected chi connectivity index (χ3v) is 4.55. The number of aryl methyl sites for hydroxylation is 1. The summed E-state index contributed by atoms with van der Waals surface area (Å²) >= 11 is 12.0. The Morgan fingerprint density at radius 2 is 2.00 bits per heavy atom. The second kappa shape index (κ2) is 6.45. The van der Waals surface area contributed by atoms with Crippen molar-refractivity contribution in [1.29, 1.82) is 0 Å². The van der Waals surface area contributed by atoms with Crippen LogP contribution in [0, 0.1) is 5.92 Å². The van der Waals surface area contributed by atoms with E-state index in [0.29, 0.717) is 15.6 Å². The van der Waals surface area contributed by atoms with E-state index < -0.39 is 5.97 Å². The van der Waals surface area contributed by atoms with Crippen molar-refractivity contribution in [2.24, 2.45) is 13.0 Å². The highest BCUT2D eigenvalue weighted by Gasteiger charge is 2.44. The van der Waals surface area contributed by atoms with Crippen molar-refractivity contribution in [2.45, 2.75) is 18.9 Å². The maximum absolute atomic E-state index is 12.3. The summed E-state index contributed by atoms with van der Waals surface area (Å²) in [5.41, 5.74) is 1.49. The van der Waals surface area contributed by atoms with Crippen molar-refractivity contribution in [2.75, 3.05) is 0 Å². The average molecular weight is 368 g/mol. The fourth-order valence-corrected chi connectivity index (χ4v) is 3.39. The molecule has 1 aliphatic carbocycles. The summed E-state index contributed by atoms with van der Waals surface area (Å²) in [7, 11) is 1.55. The normalized spacial score (nSPS) is 19.1. The Labute approximate surface area is 148 Å². The van der Waals surface area contributed by atoms with E-state index in [1.54, 1.807) is 13.1 Å². The molecule has 0 bridgehead atoms. The van der Waals surface area contributed by atoms with Crippen molar-refractivity contribution >= 4 is 35.1 Å². The molecular formula is C16H15Cl2N3O3. The van der Waals surface area contributed by atoms with Gasteiger partial charge in [0.1, 0.15) is 0 Å². The molecule has 1 aliphatic rings. The predicted octanol–water partition coefficient (Wildman–Crippen LogP) is 2.85. The zero-order valence-electron chi connectivity index (χ0n) is 12.8. The van der Waals surface area contributed by atoms with Crippen LogP contribution in [0.2, 0.25) is 10.0 Å². The minimum Gasteiger partial charge on any atom is -0.477 e. The first-order valence-electron chi connectivity index (χ1n) is 7.34. The van der Waals surface area contributed by atoms with Crippen LogP contribution in [0.15, 0.2) is 24.4 Å². The van der Waals surface area contributed by atoms with Gasteiger partial charge < -0.3 is 10.4 Å². The molecule has 6 nitrogen and oxygen atoms in total. The number of aromatic nitrogens is 2. The molecule has 8 heteroatoms. The molecule has 0 aliphatic heterocycles. The number of nitrogens with one attached hydrogen (secondary N) is 1. The quantitative estimate of drug-likeness (QED) is 0.850. The van der Waals surface area contributed by atoms with Crippen LogP contribution in [0.1, 0.15) is 34.0 Å². The number of halogens is 2. The van der Waals surface area contributed by atoms with Crippen molar-refractivity contribution < 1.29 is 14.7 Å². The summed E-state index contributed by atoms with van der Waals surface area (Å²) in [5, 5.41) is 16.9. The number of benzene rings is 1. The maximum Gasteiger partial charge on any atom is 0.354 e. The zero-order valence-corrected chi connectivity index (χ0v) is 14.3. The second-order valence-corrected chi connectivity index (χ2v) is 6.69. The molecule has 1 heterocycles. The fourth-order valence-electron chi connectivity index (χ4n) is 2.84. The molecule has 2 atom stereocenters. The molecule has 24 heavy (non-hydrogen) atoms. The van der Waals surface area contributed by atoms with Crippen molar-refractivity contribution in [3.63, 3.8) is 0 Å². The number of hydrogen-bond acceptors (Lipinski definition) is 3. The third-order valence-electron chi connectivity index (χ3n) is 4.11. The summed E-state index contributed by atoms with van der Waals surface area (Å²) in [6, 6.07) is 5.28. The lowest BCUT2D eigenvalue weighted by atomic mass is 10.1. The largest absolute Gasteiger partial charge is 0.477 e.